The van der Waals surface area contributed by atoms with Gasteiger partial charge in [-0.2, -0.15) is 0 Å². The summed E-state index contributed by atoms with van der Waals surface area (Å²) in [6.07, 6.45) is 6.44. The van der Waals surface area contributed by atoms with Crippen molar-refractivity contribution < 1.29 is 0 Å². The van der Waals surface area contributed by atoms with Crippen LogP contribution in [-0.2, 0) is 0 Å². The minimum Gasteiger partial charge on any atom is -0.235 e. The van der Waals surface area contributed by atoms with Crippen LogP contribution in [0.1, 0.15) is 0 Å². The number of rotatable bonds is 2. The van der Waals surface area contributed by atoms with Gasteiger partial charge in [0.2, 0.25) is 0 Å². The third-order valence-corrected chi connectivity index (χ3v) is 2.11. The van der Waals surface area contributed by atoms with Crippen molar-refractivity contribution >= 4 is 0 Å². The van der Waals surface area contributed by atoms with E-state index >= 15 is 0 Å². The van der Waals surface area contributed by atoms with E-state index in [4.69, 9.17) is 0 Å². The van der Waals surface area contributed by atoms with Gasteiger partial charge in [0.25, 0.3) is 0 Å². The van der Waals surface area contributed by atoms with E-state index in [-0.39, 0.29) is 0 Å². The molecule has 0 amide bonds. The van der Waals surface area contributed by atoms with Gasteiger partial charge in [0.15, 0.2) is 23.0 Å². The highest BCUT2D eigenvalue weighted by Crippen LogP contribution is 2.20. The molecular formula is C10H6N8. The lowest BCUT2D eigenvalue weighted by molar-refractivity contribution is 0.764. The smallest absolute Gasteiger partial charge is 0.182 e. The second kappa shape index (κ2) is 4.53. The van der Waals surface area contributed by atoms with Gasteiger partial charge in [-0.25, -0.2) is 19.9 Å². The van der Waals surface area contributed by atoms with Crippen molar-refractivity contribution in [3.8, 4) is 23.0 Å². The van der Waals surface area contributed by atoms with Gasteiger partial charge in [0.1, 0.15) is 0 Å². The van der Waals surface area contributed by atoms with Crippen LogP contribution in [0.15, 0.2) is 36.9 Å². The van der Waals surface area contributed by atoms with Crippen molar-refractivity contribution in [2.45, 2.75) is 0 Å². The minimum absolute atomic E-state index is 0.400. The van der Waals surface area contributed by atoms with Gasteiger partial charge in [-0.1, -0.05) is 0 Å². The van der Waals surface area contributed by atoms with Gasteiger partial charge in [0, 0.05) is 24.8 Å². The Kier molecular flexibility index (Phi) is 2.59. The Morgan fingerprint density at radius 2 is 0.944 bits per heavy atom. The number of hydrogen-bond donors (Lipinski definition) is 0. The van der Waals surface area contributed by atoms with Gasteiger partial charge in [0.05, 0.1) is 0 Å². The summed E-state index contributed by atoms with van der Waals surface area (Å²) in [6.45, 7) is 0. The molecule has 3 aromatic heterocycles. The summed E-state index contributed by atoms with van der Waals surface area (Å²) in [7, 11) is 0. The van der Waals surface area contributed by atoms with Crippen LogP contribution in [0.4, 0.5) is 0 Å². The molecule has 0 saturated carbocycles. The molecule has 0 fully saturated rings. The summed E-state index contributed by atoms with van der Waals surface area (Å²) in [5.41, 5.74) is 0.800. The minimum atomic E-state index is 0.400. The molecule has 0 atom stereocenters. The van der Waals surface area contributed by atoms with Crippen LogP contribution in [0.25, 0.3) is 23.0 Å². The summed E-state index contributed by atoms with van der Waals surface area (Å²) < 4.78 is 0. The van der Waals surface area contributed by atoms with Crippen LogP contribution in [0, 0.1) is 0 Å². The SMILES string of the molecule is c1cnc(-c2nnnnc2-c2ncccn2)nc1. The molecule has 0 aliphatic carbocycles. The first-order chi connectivity index (χ1) is 8.95. The topological polar surface area (TPSA) is 103 Å². The molecule has 8 heteroatoms. The van der Waals surface area contributed by atoms with Crippen molar-refractivity contribution in [1.82, 2.24) is 40.6 Å². The van der Waals surface area contributed by atoms with Crippen LogP contribution in [0.2, 0.25) is 0 Å². The second-order valence-corrected chi connectivity index (χ2v) is 3.22. The number of hydrogen-bond acceptors (Lipinski definition) is 8. The highest BCUT2D eigenvalue weighted by Gasteiger charge is 2.15. The van der Waals surface area contributed by atoms with E-state index in [0.717, 1.165) is 0 Å². The van der Waals surface area contributed by atoms with Crippen molar-refractivity contribution in [3.05, 3.63) is 36.9 Å². The maximum Gasteiger partial charge on any atom is 0.182 e. The first-order valence-electron chi connectivity index (χ1n) is 5.06. The third kappa shape index (κ3) is 1.86. The lowest BCUT2D eigenvalue weighted by atomic mass is 10.3. The molecular weight excluding hydrogens is 232 g/mol. The van der Waals surface area contributed by atoms with E-state index in [9.17, 15) is 0 Å². The van der Waals surface area contributed by atoms with Gasteiger partial charge >= 0.3 is 0 Å². The fourth-order valence-electron chi connectivity index (χ4n) is 1.37. The van der Waals surface area contributed by atoms with E-state index < -0.39 is 0 Å². The van der Waals surface area contributed by atoms with Crippen LogP contribution in [-0.4, -0.2) is 40.6 Å². The van der Waals surface area contributed by atoms with Crippen molar-refractivity contribution in [1.29, 1.82) is 0 Å². The van der Waals surface area contributed by atoms with Crippen molar-refractivity contribution in [2.75, 3.05) is 0 Å². The van der Waals surface area contributed by atoms with Crippen molar-refractivity contribution in [2.24, 2.45) is 0 Å². The van der Waals surface area contributed by atoms with Crippen molar-refractivity contribution in [3.63, 3.8) is 0 Å². The first kappa shape index (κ1) is 10.3. The Bertz CT molecular complexity index is 584. The molecule has 86 valence electrons. The largest absolute Gasteiger partial charge is 0.235 e. The van der Waals surface area contributed by atoms with Gasteiger partial charge in [-0.3, -0.25) is 0 Å². The standard InChI is InChI=1S/C10H6N8/c1-3-11-9(12-4-1)7-8(16-18-17-15-7)10-13-5-2-6-14-10/h1-6H. The van der Waals surface area contributed by atoms with Gasteiger partial charge in [-0.05, 0) is 22.6 Å². The monoisotopic (exact) mass is 238 g/mol. The zero-order valence-electron chi connectivity index (χ0n) is 9.04. The third-order valence-electron chi connectivity index (χ3n) is 2.11. The Labute approximate surface area is 101 Å². The molecule has 3 aromatic rings. The Hall–Kier alpha value is -2.90. The zero-order valence-corrected chi connectivity index (χ0v) is 9.04. The molecule has 0 saturated heterocycles. The Morgan fingerprint density at radius 3 is 1.33 bits per heavy atom. The highest BCUT2D eigenvalue weighted by molar-refractivity contribution is 5.68. The Morgan fingerprint density at radius 1 is 0.556 bits per heavy atom. The summed E-state index contributed by atoms with van der Waals surface area (Å²) in [5.74, 6) is 0.810. The Balaban J connectivity index is 2.18. The molecule has 0 radical (unpaired) electrons. The average Bonchev–Trinajstić information content (AvgIpc) is 2.49. The van der Waals surface area contributed by atoms with E-state index in [2.05, 4.69) is 40.6 Å². The normalized spacial score (nSPS) is 10.2. The fourth-order valence-corrected chi connectivity index (χ4v) is 1.37. The maximum atomic E-state index is 4.10. The van der Waals surface area contributed by atoms with Crippen LogP contribution < -0.4 is 0 Å². The molecule has 3 rings (SSSR count). The van der Waals surface area contributed by atoms with Gasteiger partial charge in [-0.15, -0.1) is 10.2 Å². The summed E-state index contributed by atoms with van der Waals surface area (Å²) in [6, 6.07) is 3.43. The van der Waals surface area contributed by atoms with E-state index in [0.29, 0.717) is 23.0 Å². The molecule has 18 heavy (non-hydrogen) atoms. The molecule has 8 nitrogen and oxygen atoms in total. The molecule has 3 heterocycles. The van der Waals surface area contributed by atoms with Crippen LogP contribution >= 0.6 is 0 Å². The maximum absolute atomic E-state index is 4.10. The molecule has 0 aromatic carbocycles. The predicted octanol–water partition coefficient (Wildman–Crippen LogP) is 0.181. The lowest BCUT2D eigenvalue weighted by Gasteiger charge is -2.01. The van der Waals surface area contributed by atoms with E-state index in [1.165, 1.54) is 0 Å². The quantitative estimate of drug-likeness (QED) is 0.622. The molecule has 0 aliphatic rings. The van der Waals surface area contributed by atoms with Crippen LogP contribution in [0.5, 0.6) is 0 Å². The lowest BCUT2D eigenvalue weighted by Crippen LogP contribution is -2.03. The molecule has 0 N–H and O–H groups in total. The fraction of sp³-hybridized carbons (Fsp3) is 0. The number of nitrogens with zero attached hydrogens (tertiary/aromatic N) is 8. The highest BCUT2D eigenvalue weighted by atomic mass is 15.4. The molecule has 0 bridgehead atoms. The predicted molar refractivity (Wildman–Crippen MR) is 59.7 cm³/mol. The van der Waals surface area contributed by atoms with E-state index in [1.54, 1.807) is 36.9 Å². The van der Waals surface area contributed by atoms with E-state index in [1.807, 2.05) is 0 Å². The first-order valence-corrected chi connectivity index (χ1v) is 5.06. The second-order valence-electron chi connectivity index (χ2n) is 3.22. The summed E-state index contributed by atoms with van der Waals surface area (Å²) in [5, 5.41) is 14.8. The number of aromatic nitrogens is 8. The zero-order chi connectivity index (χ0) is 12.2. The molecule has 0 unspecified atom stereocenters. The summed E-state index contributed by atoms with van der Waals surface area (Å²) in [4.78, 5) is 16.4. The molecule has 0 aliphatic heterocycles. The van der Waals surface area contributed by atoms with Gasteiger partial charge < -0.3 is 0 Å². The average molecular weight is 238 g/mol. The van der Waals surface area contributed by atoms with Crippen LogP contribution in [0.3, 0.4) is 0 Å². The molecule has 0 spiro atoms. The summed E-state index contributed by atoms with van der Waals surface area (Å²) >= 11 is 0.